The van der Waals surface area contributed by atoms with E-state index in [1.807, 2.05) is 12.1 Å². The molecule has 0 aromatic carbocycles. The van der Waals surface area contributed by atoms with E-state index >= 15 is 0 Å². The van der Waals surface area contributed by atoms with Crippen LogP contribution in [0.25, 0.3) is 5.52 Å². The predicted octanol–water partition coefficient (Wildman–Crippen LogP) is 1.80. The van der Waals surface area contributed by atoms with E-state index in [-0.39, 0.29) is 0 Å². The molecule has 0 aliphatic rings. The lowest BCUT2D eigenvalue weighted by molar-refractivity contribution is 0.111. The Balaban J connectivity index is 2.91. The highest BCUT2D eigenvalue weighted by molar-refractivity contribution is 6.29. The van der Waals surface area contributed by atoms with Crippen molar-refractivity contribution in [3.8, 4) is 0 Å². The molecule has 0 spiro atoms. The molecule has 0 aliphatic carbocycles. The highest BCUT2D eigenvalue weighted by Gasteiger charge is 2.03. The van der Waals surface area contributed by atoms with Crippen LogP contribution in [0.3, 0.4) is 0 Å². The van der Waals surface area contributed by atoms with Crippen LogP contribution < -0.4 is 0 Å². The molecule has 4 heteroatoms. The third-order valence-corrected chi connectivity index (χ3v) is 1.93. The molecule has 2 aromatic heterocycles. The highest BCUT2D eigenvalue weighted by Crippen LogP contribution is 2.13. The normalized spacial score (nSPS) is 10.4. The van der Waals surface area contributed by atoms with E-state index in [1.165, 1.54) is 0 Å². The number of hydrogen-bond acceptors (Lipinski definition) is 2. The minimum absolute atomic E-state index is 0.329. The number of fused-ring (bicyclic) bond motifs is 1. The van der Waals surface area contributed by atoms with Crippen LogP contribution >= 0.6 is 11.6 Å². The summed E-state index contributed by atoms with van der Waals surface area (Å²) < 4.78 is 1.59. The molecule has 0 unspecified atom stereocenters. The Hall–Kier alpha value is -1.35. The second-order valence-corrected chi connectivity index (χ2v) is 2.73. The first-order valence-corrected chi connectivity index (χ1v) is 3.78. The Labute approximate surface area is 73.6 Å². The van der Waals surface area contributed by atoms with Crippen LogP contribution in [0.1, 0.15) is 10.6 Å². The number of rotatable bonds is 1. The zero-order valence-corrected chi connectivity index (χ0v) is 6.82. The van der Waals surface area contributed by atoms with Gasteiger partial charge in [0.15, 0.2) is 12.1 Å². The largest absolute Gasteiger partial charge is 0.294 e. The van der Waals surface area contributed by atoms with E-state index in [2.05, 4.69) is 4.98 Å². The van der Waals surface area contributed by atoms with Crippen molar-refractivity contribution in [2.45, 2.75) is 0 Å². The molecule has 0 bridgehead atoms. The minimum atomic E-state index is 0.329. The molecule has 0 radical (unpaired) electrons. The van der Waals surface area contributed by atoms with Crippen molar-refractivity contribution in [3.05, 3.63) is 35.4 Å². The molecular formula is C8H5ClN2O. The molecule has 0 fully saturated rings. The van der Waals surface area contributed by atoms with Crippen molar-refractivity contribution >= 4 is 23.4 Å². The molecule has 0 atom stereocenters. The second-order valence-electron chi connectivity index (χ2n) is 2.34. The zero-order chi connectivity index (χ0) is 8.55. The van der Waals surface area contributed by atoms with Crippen LogP contribution in [0.15, 0.2) is 24.4 Å². The van der Waals surface area contributed by atoms with Gasteiger partial charge in [-0.3, -0.25) is 9.20 Å². The lowest BCUT2D eigenvalue weighted by Gasteiger charge is -1.96. The maximum atomic E-state index is 10.5. The Bertz CT molecular complexity index is 436. The molecule has 0 saturated heterocycles. The van der Waals surface area contributed by atoms with Crippen molar-refractivity contribution in [3.63, 3.8) is 0 Å². The van der Waals surface area contributed by atoms with Crippen LogP contribution in [0.5, 0.6) is 0 Å². The molecule has 2 aromatic rings. The summed E-state index contributed by atoms with van der Waals surface area (Å²) in [5.74, 6) is 0.329. The van der Waals surface area contributed by atoms with Gasteiger partial charge in [0.25, 0.3) is 0 Å². The number of imidazole rings is 1. The Morgan fingerprint density at radius 2 is 2.33 bits per heavy atom. The third kappa shape index (κ3) is 0.905. The van der Waals surface area contributed by atoms with Crippen molar-refractivity contribution < 1.29 is 4.79 Å². The van der Waals surface area contributed by atoms with Gasteiger partial charge < -0.3 is 0 Å². The Morgan fingerprint density at radius 3 is 3.08 bits per heavy atom. The number of aldehydes is 1. The molecule has 12 heavy (non-hydrogen) atoms. The second kappa shape index (κ2) is 2.60. The lowest BCUT2D eigenvalue weighted by atomic mass is 10.4. The van der Waals surface area contributed by atoms with Gasteiger partial charge in [-0.1, -0.05) is 17.7 Å². The Kier molecular flexibility index (Phi) is 1.59. The van der Waals surface area contributed by atoms with E-state index in [0.717, 1.165) is 5.52 Å². The monoisotopic (exact) mass is 180 g/mol. The van der Waals surface area contributed by atoms with Gasteiger partial charge >= 0.3 is 0 Å². The van der Waals surface area contributed by atoms with E-state index in [4.69, 9.17) is 11.6 Å². The lowest BCUT2D eigenvalue weighted by Crippen LogP contribution is -1.92. The number of carbonyl (C=O) groups is 1. The molecule has 0 aliphatic heterocycles. The van der Waals surface area contributed by atoms with Gasteiger partial charge in [0.05, 0.1) is 11.7 Å². The average molecular weight is 181 g/mol. The van der Waals surface area contributed by atoms with E-state index in [1.54, 1.807) is 16.7 Å². The van der Waals surface area contributed by atoms with Gasteiger partial charge in [-0.15, -0.1) is 0 Å². The maximum absolute atomic E-state index is 10.5. The summed E-state index contributed by atoms with van der Waals surface area (Å²) in [6, 6.07) is 5.36. The first-order valence-electron chi connectivity index (χ1n) is 3.40. The molecule has 0 N–H and O–H groups in total. The summed E-state index contributed by atoms with van der Waals surface area (Å²) >= 11 is 5.85. The van der Waals surface area contributed by atoms with Gasteiger partial charge in [-0.25, -0.2) is 4.98 Å². The number of hydrogen-bond donors (Lipinski definition) is 0. The SMILES string of the molecule is O=Cc1ncc2cccc(Cl)n12. The smallest absolute Gasteiger partial charge is 0.185 e. The summed E-state index contributed by atoms with van der Waals surface area (Å²) in [5.41, 5.74) is 0.824. The molecule has 0 saturated carbocycles. The number of carbonyl (C=O) groups excluding carboxylic acids is 1. The quantitative estimate of drug-likeness (QED) is 0.496. The molecule has 0 amide bonds. The summed E-state index contributed by atoms with van der Waals surface area (Å²) in [6.45, 7) is 0. The molecule has 2 rings (SSSR count). The molecule has 2 heterocycles. The van der Waals surface area contributed by atoms with E-state index in [9.17, 15) is 4.79 Å². The third-order valence-electron chi connectivity index (χ3n) is 1.64. The number of nitrogens with zero attached hydrogens (tertiary/aromatic N) is 2. The van der Waals surface area contributed by atoms with Crippen molar-refractivity contribution in [2.75, 3.05) is 0 Å². The fourth-order valence-corrected chi connectivity index (χ4v) is 1.37. The molecule has 60 valence electrons. The number of aromatic nitrogens is 2. The van der Waals surface area contributed by atoms with Crippen LogP contribution in [0.2, 0.25) is 5.15 Å². The minimum Gasteiger partial charge on any atom is -0.294 e. The van der Waals surface area contributed by atoms with Crippen LogP contribution in [-0.2, 0) is 0 Å². The summed E-state index contributed by atoms with van der Waals surface area (Å²) in [5, 5.41) is 0.493. The maximum Gasteiger partial charge on any atom is 0.185 e. The summed E-state index contributed by atoms with van der Waals surface area (Å²) in [4.78, 5) is 14.4. The van der Waals surface area contributed by atoms with Crippen LogP contribution in [0, 0.1) is 0 Å². The molecule has 3 nitrogen and oxygen atoms in total. The zero-order valence-electron chi connectivity index (χ0n) is 6.07. The van der Waals surface area contributed by atoms with E-state index in [0.29, 0.717) is 17.3 Å². The summed E-state index contributed by atoms with van der Waals surface area (Å²) in [6.07, 6.45) is 2.29. The van der Waals surface area contributed by atoms with Gasteiger partial charge in [0, 0.05) is 0 Å². The number of halogens is 1. The average Bonchev–Trinajstić information content (AvgIpc) is 2.49. The van der Waals surface area contributed by atoms with Gasteiger partial charge in [0.1, 0.15) is 5.15 Å². The standard InChI is InChI=1S/C8H5ClN2O/c9-7-3-1-2-6-4-10-8(5-12)11(6)7/h1-5H. The highest BCUT2D eigenvalue weighted by atomic mass is 35.5. The number of pyridine rings is 1. The molecular weight excluding hydrogens is 176 g/mol. The van der Waals surface area contributed by atoms with Crippen LogP contribution in [-0.4, -0.2) is 15.7 Å². The first-order chi connectivity index (χ1) is 5.83. The fourth-order valence-electron chi connectivity index (χ4n) is 1.11. The first kappa shape index (κ1) is 7.31. The van der Waals surface area contributed by atoms with Gasteiger partial charge in [0.2, 0.25) is 0 Å². The van der Waals surface area contributed by atoms with Crippen molar-refractivity contribution in [1.82, 2.24) is 9.38 Å². The topological polar surface area (TPSA) is 34.4 Å². The fraction of sp³-hybridized carbons (Fsp3) is 0. The summed E-state index contributed by atoms with van der Waals surface area (Å²) in [7, 11) is 0. The van der Waals surface area contributed by atoms with E-state index < -0.39 is 0 Å². The van der Waals surface area contributed by atoms with Crippen molar-refractivity contribution in [2.24, 2.45) is 0 Å². The van der Waals surface area contributed by atoms with Crippen molar-refractivity contribution in [1.29, 1.82) is 0 Å². The van der Waals surface area contributed by atoms with Gasteiger partial charge in [-0.05, 0) is 12.1 Å². The van der Waals surface area contributed by atoms with Crippen LogP contribution in [0.4, 0.5) is 0 Å². The Morgan fingerprint density at radius 1 is 1.50 bits per heavy atom. The predicted molar refractivity (Wildman–Crippen MR) is 45.6 cm³/mol. The van der Waals surface area contributed by atoms with Gasteiger partial charge in [-0.2, -0.15) is 0 Å².